The molecular formula is C16H12Cl2FN. The molecule has 2 aromatic carbocycles. The first-order valence-electron chi connectivity index (χ1n) is 6.37. The summed E-state index contributed by atoms with van der Waals surface area (Å²) >= 11 is 13.1. The molecule has 20 heavy (non-hydrogen) atoms. The average Bonchev–Trinajstić information content (AvgIpc) is 2.59. The fourth-order valence-electron chi connectivity index (χ4n) is 2.43. The maximum atomic E-state index is 13.3. The number of aryl methyl sites for hydroxylation is 1. The number of hydrogen-bond donors (Lipinski definition) is 0. The Bertz CT molecular complexity index is 669. The molecule has 0 fully saturated rings. The highest BCUT2D eigenvalue weighted by molar-refractivity contribution is 6.72. The molecule has 1 atom stereocenters. The zero-order valence-electron chi connectivity index (χ0n) is 10.6. The second-order valence-electron chi connectivity index (χ2n) is 4.84. The van der Waals surface area contributed by atoms with Crippen LogP contribution in [-0.4, -0.2) is 5.17 Å². The van der Waals surface area contributed by atoms with Crippen LogP contribution >= 0.6 is 23.2 Å². The van der Waals surface area contributed by atoms with E-state index >= 15 is 0 Å². The van der Waals surface area contributed by atoms with Crippen LogP contribution in [0.5, 0.6) is 0 Å². The molecule has 1 aliphatic heterocycles. The predicted molar refractivity (Wildman–Crippen MR) is 81.6 cm³/mol. The van der Waals surface area contributed by atoms with E-state index in [1.165, 1.54) is 12.1 Å². The number of rotatable bonds is 1. The van der Waals surface area contributed by atoms with E-state index in [2.05, 4.69) is 4.99 Å². The van der Waals surface area contributed by atoms with E-state index in [9.17, 15) is 4.39 Å². The van der Waals surface area contributed by atoms with Gasteiger partial charge in [0.25, 0.3) is 0 Å². The monoisotopic (exact) mass is 307 g/mol. The second kappa shape index (κ2) is 5.19. The smallest absolute Gasteiger partial charge is 0.132 e. The fraction of sp³-hybridized carbons (Fsp3) is 0.188. The summed E-state index contributed by atoms with van der Waals surface area (Å²) in [5.41, 5.74) is 2.43. The van der Waals surface area contributed by atoms with Crippen LogP contribution < -0.4 is 0 Å². The van der Waals surface area contributed by atoms with Crippen LogP contribution in [0.15, 0.2) is 53.5 Å². The highest BCUT2D eigenvalue weighted by Gasteiger charge is 2.36. The molecule has 1 aliphatic rings. The van der Waals surface area contributed by atoms with Crippen molar-refractivity contribution in [2.24, 2.45) is 4.99 Å². The first-order valence-corrected chi connectivity index (χ1v) is 7.13. The minimum absolute atomic E-state index is 0.267. The Hall–Kier alpha value is -1.38. The van der Waals surface area contributed by atoms with E-state index in [1.807, 2.05) is 30.3 Å². The van der Waals surface area contributed by atoms with Crippen molar-refractivity contribution in [3.8, 4) is 0 Å². The van der Waals surface area contributed by atoms with Gasteiger partial charge in [-0.25, -0.2) is 9.38 Å². The van der Waals surface area contributed by atoms with Crippen molar-refractivity contribution in [3.63, 3.8) is 0 Å². The Morgan fingerprint density at radius 1 is 1.10 bits per heavy atom. The molecule has 0 spiro atoms. The fourth-order valence-corrected chi connectivity index (χ4v) is 2.99. The molecule has 3 rings (SSSR count). The van der Waals surface area contributed by atoms with Crippen molar-refractivity contribution in [1.82, 2.24) is 0 Å². The average molecular weight is 308 g/mol. The molecule has 0 aromatic heterocycles. The van der Waals surface area contributed by atoms with E-state index < -0.39 is 4.87 Å². The summed E-state index contributed by atoms with van der Waals surface area (Å²) in [5, 5.41) is 0.329. The minimum Gasteiger partial charge on any atom is -0.239 e. The van der Waals surface area contributed by atoms with Crippen LogP contribution in [-0.2, 0) is 11.3 Å². The van der Waals surface area contributed by atoms with E-state index in [0.29, 0.717) is 23.7 Å². The SMILES string of the molecule is Fc1ccc2c(c1)CCC(Cl)(c1ccccc1)C(Cl)=N2. The Morgan fingerprint density at radius 3 is 2.60 bits per heavy atom. The molecule has 0 radical (unpaired) electrons. The normalized spacial score (nSPS) is 21.9. The number of nitrogens with zero attached hydrogens (tertiary/aromatic N) is 1. The van der Waals surface area contributed by atoms with E-state index in [-0.39, 0.29) is 5.82 Å². The Balaban J connectivity index is 2.07. The first kappa shape index (κ1) is 13.6. The van der Waals surface area contributed by atoms with Gasteiger partial charge in [0.15, 0.2) is 0 Å². The zero-order valence-corrected chi connectivity index (χ0v) is 12.1. The summed E-state index contributed by atoms with van der Waals surface area (Å²) in [6, 6.07) is 14.1. The van der Waals surface area contributed by atoms with Crippen molar-refractivity contribution in [3.05, 3.63) is 65.5 Å². The van der Waals surface area contributed by atoms with Gasteiger partial charge in [-0.15, -0.1) is 11.6 Å². The zero-order chi connectivity index (χ0) is 14.2. The van der Waals surface area contributed by atoms with Crippen molar-refractivity contribution in [2.45, 2.75) is 17.7 Å². The van der Waals surface area contributed by atoms with E-state index in [4.69, 9.17) is 23.2 Å². The van der Waals surface area contributed by atoms with Gasteiger partial charge in [0.1, 0.15) is 15.9 Å². The molecule has 102 valence electrons. The Morgan fingerprint density at radius 2 is 1.85 bits per heavy atom. The quantitative estimate of drug-likeness (QED) is 0.644. The molecule has 0 saturated carbocycles. The van der Waals surface area contributed by atoms with Gasteiger partial charge in [0.2, 0.25) is 0 Å². The predicted octanol–water partition coefficient (Wildman–Crippen LogP) is 5.18. The molecule has 4 heteroatoms. The summed E-state index contributed by atoms with van der Waals surface area (Å²) in [5.74, 6) is -0.267. The van der Waals surface area contributed by atoms with Gasteiger partial charge in [-0.1, -0.05) is 41.9 Å². The Labute approximate surface area is 127 Å². The third kappa shape index (κ3) is 2.34. The minimum atomic E-state index is -0.849. The van der Waals surface area contributed by atoms with Crippen molar-refractivity contribution < 1.29 is 4.39 Å². The van der Waals surface area contributed by atoms with Gasteiger partial charge in [0, 0.05) is 0 Å². The topological polar surface area (TPSA) is 12.4 Å². The summed E-state index contributed by atoms with van der Waals surface area (Å²) in [7, 11) is 0. The molecule has 0 aliphatic carbocycles. The van der Waals surface area contributed by atoms with Gasteiger partial charge in [-0.2, -0.15) is 0 Å². The summed E-state index contributed by atoms with van der Waals surface area (Å²) < 4.78 is 13.3. The number of hydrogen-bond acceptors (Lipinski definition) is 1. The summed E-state index contributed by atoms with van der Waals surface area (Å²) in [6.07, 6.45) is 1.21. The molecule has 0 saturated heterocycles. The number of alkyl halides is 1. The highest BCUT2D eigenvalue weighted by atomic mass is 35.5. The standard InChI is InChI=1S/C16H12Cl2FN/c17-15-16(18,12-4-2-1-3-5-12)9-8-11-10-13(19)6-7-14(11)20-15/h1-7,10H,8-9H2. The van der Waals surface area contributed by atoms with Gasteiger partial charge >= 0.3 is 0 Å². The van der Waals surface area contributed by atoms with Crippen LogP contribution in [0.4, 0.5) is 10.1 Å². The van der Waals surface area contributed by atoms with Gasteiger partial charge in [-0.05, 0) is 42.2 Å². The van der Waals surface area contributed by atoms with Crippen molar-refractivity contribution >= 4 is 34.1 Å². The molecule has 2 aromatic rings. The molecule has 1 heterocycles. The molecule has 1 nitrogen and oxygen atoms in total. The van der Waals surface area contributed by atoms with E-state index in [1.54, 1.807) is 6.07 Å². The van der Waals surface area contributed by atoms with E-state index in [0.717, 1.165) is 11.1 Å². The lowest BCUT2D eigenvalue weighted by atomic mass is 9.93. The van der Waals surface area contributed by atoms with Crippen molar-refractivity contribution in [1.29, 1.82) is 0 Å². The lowest BCUT2D eigenvalue weighted by Gasteiger charge is -2.24. The number of fused-ring (bicyclic) bond motifs is 1. The summed E-state index contributed by atoms with van der Waals surface area (Å²) in [6.45, 7) is 0. The maximum absolute atomic E-state index is 13.3. The number of aliphatic imine (C=N–C) groups is 1. The van der Waals surface area contributed by atoms with Crippen LogP contribution in [0.1, 0.15) is 17.5 Å². The molecular weight excluding hydrogens is 296 g/mol. The lowest BCUT2D eigenvalue weighted by Crippen LogP contribution is -2.26. The lowest BCUT2D eigenvalue weighted by molar-refractivity contribution is 0.623. The maximum Gasteiger partial charge on any atom is 0.132 e. The van der Waals surface area contributed by atoms with Crippen LogP contribution in [0.3, 0.4) is 0 Å². The van der Waals surface area contributed by atoms with Crippen LogP contribution in [0.25, 0.3) is 0 Å². The molecule has 0 N–H and O–H groups in total. The second-order valence-corrected chi connectivity index (χ2v) is 5.85. The van der Waals surface area contributed by atoms with Gasteiger partial charge in [0.05, 0.1) is 5.69 Å². The number of benzene rings is 2. The van der Waals surface area contributed by atoms with Gasteiger partial charge in [-0.3, -0.25) is 0 Å². The third-order valence-electron chi connectivity index (χ3n) is 3.56. The first-order chi connectivity index (χ1) is 9.59. The molecule has 0 bridgehead atoms. The number of halogens is 3. The molecule has 0 amide bonds. The van der Waals surface area contributed by atoms with Crippen molar-refractivity contribution in [2.75, 3.05) is 0 Å². The third-order valence-corrected chi connectivity index (χ3v) is 4.65. The largest absolute Gasteiger partial charge is 0.239 e. The van der Waals surface area contributed by atoms with Gasteiger partial charge < -0.3 is 0 Å². The van der Waals surface area contributed by atoms with Crippen LogP contribution in [0, 0.1) is 5.82 Å². The highest BCUT2D eigenvalue weighted by Crippen LogP contribution is 2.41. The van der Waals surface area contributed by atoms with Crippen LogP contribution in [0.2, 0.25) is 0 Å². The Kier molecular flexibility index (Phi) is 3.53. The molecule has 1 unspecified atom stereocenters. The summed E-state index contributed by atoms with van der Waals surface area (Å²) in [4.78, 5) is 3.54.